The number of hydrogen-bond donors (Lipinski definition) is 1. The number of esters is 1. The maximum Gasteiger partial charge on any atom is 0.342 e. The molecule has 0 radical (unpaired) electrons. The third-order valence-corrected chi connectivity index (χ3v) is 3.97. The molecule has 0 atom stereocenters. The first-order chi connectivity index (χ1) is 13.8. The molecule has 0 aliphatic rings. The topological polar surface area (TPSA) is 108 Å². The van der Waals surface area contributed by atoms with E-state index >= 15 is 0 Å². The number of nitrogens with zero attached hydrogens (tertiary/aromatic N) is 1. The zero-order valence-corrected chi connectivity index (χ0v) is 16.0. The fraction of sp³-hybridized carbons (Fsp3) is 0.250. The molecule has 2 amide bonds. The monoisotopic (exact) mass is 404 g/mol. The van der Waals surface area contributed by atoms with E-state index in [2.05, 4.69) is 0 Å². The Hall–Kier alpha value is -3.62. The van der Waals surface area contributed by atoms with Crippen LogP contribution in [0, 0.1) is 5.82 Å². The zero-order valence-electron chi connectivity index (χ0n) is 16.0. The molecule has 29 heavy (non-hydrogen) atoms. The SMILES string of the molecule is COc1ccc(OC)c(C(=O)OCC(=O)N(CCC(N)=O)c2ccc(F)cc2)c1. The van der Waals surface area contributed by atoms with Crippen molar-refractivity contribution in [1.82, 2.24) is 0 Å². The van der Waals surface area contributed by atoms with Crippen LogP contribution >= 0.6 is 0 Å². The molecule has 0 aliphatic heterocycles. The fourth-order valence-electron chi connectivity index (χ4n) is 2.50. The van der Waals surface area contributed by atoms with Crippen LogP contribution in [-0.4, -0.2) is 45.2 Å². The number of nitrogens with two attached hydrogens (primary N) is 1. The molecular weight excluding hydrogens is 383 g/mol. The van der Waals surface area contributed by atoms with E-state index in [9.17, 15) is 18.8 Å². The number of primary amides is 1. The molecule has 0 fully saturated rings. The maximum absolute atomic E-state index is 13.2. The minimum Gasteiger partial charge on any atom is -0.497 e. The summed E-state index contributed by atoms with van der Waals surface area (Å²) in [7, 11) is 2.84. The van der Waals surface area contributed by atoms with E-state index < -0.39 is 30.2 Å². The van der Waals surface area contributed by atoms with Gasteiger partial charge >= 0.3 is 5.97 Å². The number of rotatable bonds is 9. The second kappa shape index (κ2) is 10.1. The number of hydrogen-bond acceptors (Lipinski definition) is 6. The number of halogens is 1. The van der Waals surface area contributed by atoms with E-state index in [4.69, 9.17) is 19.9 Å². The highest BCUT2D eigenvalue weighted by Crippen LogP contribution is 2.25. The molecular formula is C20H21FN2O6. The van der Waals surface area contributed by atoms with Crippen LogP contribution in [0.4, 0.5) is 10.1 Å². The van der Waals surface area contributed by atoms with Gasteiger partial charge in [0.25, 0.3) is 5.91 Å². The Morgan fingerprint density at radius 1 is 1.03 bits per heavy atom. The summed E-state index contributed by atoms with van der Waals surface area (Å²) >= 11 is 0. The normalized spacial score (nSPS) is 10.2. The van der Waals surface area contributed by atoms with E-state index in [1.54, 1.807) is 6.07 Å². The molecule has 154 valence electrons. The van der Waals surface area contributed by atoms with Crippen LogP contribution in [0.2, 0.25) is 0 Å². The van der Waals surface area contributed by atoms with Gasteiger partial charge in [-0.3, -0.25) is 9.59 Å². The summed E-state index contributed by atoms with van der Waals surface area (Å²) in [4.78, 5) is 37.3. The lowest BCUT2D eigenvalue weighted by Gasteiger charge is -2.22. The number of methoxy groups -OCH3 is 2. The highest BCUT2D eigenvalue weighted by molar-refractivity contribution is 5.98. The lowest BCUT2D eigenvalue weighted by atomic mass is 10.2. The van der Waals surface area contributed by atoms with Gasteiger partial charge < -0.3 is 24.8 Å². The number of amides is 2. The Morgan fingerprint density at radius 3 is 2.31 bits per heavy atom. The molecule has 0 bridgehead atoms. The van der Waals surface area contributed by atoms with Gasteiger partial charge in [0.05, 0.1) is 14.2 Å². The molecule has 2 aromatic carbocycles. The third kappa shape index (κ3) is 5.93. The van der Waals surface area contributed by atoms with Crippen molar-refractivity contribution in [2.75, 3.05) is 32.3 Å². The highest BCUT2D eigenvalue weighted by atomic mass is 19.1. The number of anilines is 1. The van der Waals surface area contributed by atoms with Gasteiger partial charge in [0.15, 0.2) is 6.61 Å². The standard InChI is InChI=1S/C20H21FN2O6/c1-27-15-7-8-17(28-2)16(11-15)20(26)29-12-19(25)23(10-9-18(22)24)14-5-3-13(21)4-6-14/h3-8,11H,9-10,12H2,1-2H3,(H2,22,24). The van der Waals surface area contributed by atoms with Gasteiger partial charge in [0.2, 0.25) is 5.91 Å². The summed E-state index contributed by atoms with van der Waals surface area (Å²) in [6.07, 6.45) is -0.110. The van der Waals surface area contributed by atoms with Crippen molar-refractivity contribution in [3.05, 3.63) is 53.8 Å². The molecule has 0 heterocycles. The summed E-state index contributed by atoms with van der Waals surface area (Å²) in [5.41, 5.74) is 5.58. The minimum atomic E-state index is -0.789. The number of carbonyl (C=O) groups is 3. The molecule has 0 aliphatic carbocycles. The van der Waals surface area contributed by atoms with Crippen LogP contribution in [0.5, 0.6) is 11.5 Å². The third-order valence-electron chi connectivity index (χ3n) is 3.97. The van der Waals surface area contributed by atoms with Crippen molar-refractivity contribution in [3.8, 4) is 11.5 Å². The van der Waals surface area contributed by atoms with Crippen LogP contribution in [-0.2, 0) is 14.3 Å². The fourth-order valence-corrected chi connectivity index (χ4v) is 2.50. The van der Waals surface area contributed by atoms with Crippen LogP contribution in [0.1, 0.15) is 16.8 Å². The number of carbonyl (C=O) groups excluding carboxylic acids is 3. The molecule has 0 saturated carbocycles. The second-order valence-electron chi connectivity index (χ2n) is 5.88. The Kier molecular flexibility index (Phi) is 7.53. The van der Waals surface area contributed by atoms with Gasteiger partial charge in [-0.05, 0) is 42.5 Å². The van der Waals surface area contributed by atoms with Gasteiger partial charge in [0.1, 0.15) is 22.9 Å². The summed E-state index contributed by atoms with van der Waals surface area (Å²) in [5, 5.41) is 0. The summed E-state index contributed by atoms with van der Waals surface area (Å²) < 4.78 is 28.5. The van der Waals surface area contributed by atoms with Crippen molar-refractivity contribution >= 4 is 23.5 Å². The smallest absolute Gasteiger partial charge is 0.342 e. The van der Waals surface area contributed by atoms with Crippen molar-refractivity contribution in [3.63, 3.8) is 0 Å². The first-order valence-electron chi connectivity index (χ1n) is 8.59. The minimum absolute atomic E-state index is 0.0418. The molecule has 0 aromatic heterocycles. The lowest BCUT2D eigenvalue weighted by molar-refractivity contribution is -0.121. The average Bonchev–Trinajstić information content (AvgIpc) is 2.72. The van der Waals surface area contributed by atoms with E-state index in [1.165, 1.54) is 55.5 Å². The van der Waals surface area contributed by atoms with Crippen molar-refractivity contribution < 1.29 is 33.0 Å². The quantitative estimate of drug-likeness (QED) is 0.640. The van der Waals surface area contributed by atoms with Crippen molar-refractivity contribution in [1.29, 1.82) is 0 Å². The predicted molar refractivity (Wildman–Crippen MR) is 102 cm³/mol. The van der Waals surface area contributed by atoms with Crippen LogP contribution in [0.15, 0.2) is 42.5 Å². The number of ether oxygens (including phenoxy) is 3. The zero-order chi connectivity index (χ0) is 21.4. The average molecular weight is 404 g/mol. The van der Waals surface area contributed by atoms with Gasteiger partial charge in [-0.25, -0.2) is 9.18 Å². The first-order valence-corrected chi connectivity index (χ1v) is 8.59. The Morgan fingerprint density at radius 2 is 1.72 bits per heavy atom. The molecule has 9 heteroatoms. The first kappa shape index (κ1) is 21.7. The molecule has 0 unspecified atom stereocenters. The van der Waals surface area contributed by atoms with Crippen molar-refractivity contribution in [2.45, 2.75) is 6.42 Å². The van der Waals surface area contributed by atoms with Gasteiger partial charge in [-0.15, -0.1) is 0 Å². The highest BCUT2D eigenvalue weighted by Gasteiger charge is 2.21. The molecule has 0 saturated heterocycles. The Balaban J connectivity index is 2.13. The van der Waals surface area contributed by atoms with Crippen LogP contribution in [0.25, 0.3) is 0 Å². The van der Waals surface area contributed by atoms with Crippen molar-refractivity contribution in [2.24, 2.45) is 5.73 Å². The van der Waals surface area contributed by atoms with Gasteiger partial charge in [-0.1, -0.05) is 0 Å². The predicted octanol–water partition coefficient (Wildman–Crippen LogP) is 1.91. The number of benzene rings is 2. The molecule has 2 aromatic rings. The van der Waals surface area contributed by atoms with E-state index in [1.807, 2.05) is 0 Å². The molecule has 2 N–H and O–H groups in total. The van der Waals surface area contributed by atoms with E-state index in [-0.39, 0.29) is 24.3 Å². The van der Waals surface area contributed by atoms with E-state index in [0.29, 0.717) is 11.4 Å². The molecule has 0 spiro atoms. The van der Waals surface area contributed by atoms with E-state index in [0.717, 1.165) is 0 Å². The Labute approximate surface area is 166 Å². The summed E-state index contributed by atoms with van der Waals surface area (Å²) in [5.74, 6) is -1.81. The Bertz CT molecular complexity index is 885. The van der Waals surface area contributed by atoms with Gasteiger partial charge in [0, 0.05) is 18.7 Å². The second-order valence-corrected chi connectivity index (χ2v) is 5.88. The summed E-state index contributed by atoms with van der Waals surface area (Å²) in [6.45, 7) is -0.644. The molecule has 2 rings (SSSR count). The van der Waals surface area contributed by atoms with Crippen LogP contribution < -0.4 is 20.1 Å². The van der Waals surface area contributed by atoms with Crippen LogP contribution in [0.3, 0.4) is 0 Å². The maximum atomic E-state index is 13.2. The largest absolute Gasteiger partial charge is 0.497 e. The summed E-state index contributed by atoms with van der Waals surface area (Å²) in [6, 6.07) is 9.68. The molecule has 8 nitrogen and oxygen atoms in total. The lowest BCUT2D eigenvalue weighted by Crippen LogP contribution is -2.37. The van der Waals surface area contributed by atoms with Gasteiger partial charge in [-0.2, -0.15) is 0 Å².